The van der Waals surface area contributed by atoms with Crippen LogP contribution < -0.4 is 11.3 Å². The van der Waals surface area contributed by atoms with Gasteiger partial charge in [0.2, 0.25) is 0 Å². The first-order valence-electron chi connectivity index (χ1n) is 6.71. The van der Waals surface area contributed by atoms with Gasteiger partial charge in [-0.1, -0.05) is 24.3 Å². The monoisotopic (exact) mass is 267 g/mol. The number of nitrogens with zero attached hydrogens (tertiary/aromatic N) is 1. The summed E-state index contributed by atoms with van der Waals surface area (Å²) in [6.45, 7) is 0. The molecule has 2 heterocycles. The number of furan rings is 1. The summed E-state index contributed by atoms with van der Waals surface area (Å²) in [5.74, 6) is 6.53. The van der Waals surface area contributed by atoms with Gasteiger partial charge in [-0.3, -0.25) is 10.8 Å². The van der Waals surface area contributed by atoms with Crippen molar-refractivity contribution in [2.24, 2.45) is 5.84 Å². The van der Waals surface area contributed by atoms with Crippen molar-refractivity contribution in [1.29, 1.82) is 0 Å². The van der Waals surface area contributed by atoms with Crippen molar-refractivity contribution < 1.29 is 4.42 Å². The van der Waals surface area contributed by atoms with Crippen molar-refractivity contribution in [3.05, 3.63) is 66.2 Å². The molecule has 102 valence electrons. The van der Waals surface area contributed by atoms with Crippen LogP contribution in [0.3, 0.4) is 0 Å². The van der Waals surface area contributed by atoms with Gasteiger partial charge < -0.3 is 4.42 Å². The maximum Gasteiger partial charge on any atom is 0.134 e. The Morgan fingerprint density at radius 1 is 1.15 bits per heavy atom. The Morgan fingerprint density at radius 2 is 2.00 bits per heavy atom. The molecule has 2 aromatic heterocycles. The molecule has 3 aromatic rings. The SMILES string of the molecule is NNC(CCc1ccccn1)c1cc2ccccc2o1. The fourth-order valence-electron chi connectivity index (χ4n) is 2.32. The van der Waals surface area contributed by atoms with Gasteiger partial charge in [-0.25, -0.2) is 5.43 Å². The number of hydrogen-bond donors (Lipinski definition) is 2. The minimum atomic E-state index is -0.00981. The molecule has 0 aliphatic rings. The van der Waals surface area contributed by atoms with E-state index in [1.54, 1.807) is 6.20 Å². The van der Waals surface area contributed by atoms with E-state index in [9.17, 15) is 0 Å². The second-order valence-electron chi connectivity index (χ2n) is 4.77. The van der Waals surface area contributed by atoms with Crippen LogP contribution in [0, 0.1) is 0 Å². The summed E-state index contributed by atoms with van der Waals surface area (Å²) in [6, 6.07) is 15.9. The van der Waals surface area contributed by atoms with E-state index in [0.29, 0.717) is 0 Å². The van der Waals surface area contributed by atoms with Crippen molar-refractivity contribution in [2.45, 2.75) is 18.9 Å². The molecule has 0 aliphatic carbocycles. The summed E-state index contributed by atoms with van der Waals surface area (Å²) in [4.78, 5) is 4.32. The fourth-order valence-corrected chi connectivity index (χ4v) is 2.32. The van der Waals surface area contributed by atoms with Crippen LogP contribution in [0.1, 0.15) is 23.9 Å². The highest BCUT2D eigenvalue weighted by atomic mass is 16.3. The van der Waals surface area contributed by atoms with Crippen molar-refractivity contribution >= 4 is 11.0 Å². The predicted molar refractivity (Wildman–Crippen MR) is 78.8 cm³/mol. The molecule has 0 radical (unpaired) electrons. The van der Waals surface area contributed by atoms with Crippen LogP contribution in [0.4, 0.5) is 0 Å². The van der Waals surface area contributed by atoms with Gasteiger partial charge >= 0.3 is 0 Å². The first-order valence-corrected chi connectivity index (χ1v) is 6.71. The molecule has 0 amide bonds. The number of hydrazine groups is 1. The van der Waals surface area contributed by atoms with Gasteiger partial charge in [0, 0.05) is 17.3 Å². The molecule has 0 fully saturated rings. The third kappa shape index (κ3) is 2.71. The molecule has 3 rings (SSSR count). The highest BCUT2D eigenvalue weighted by Crippen LogP contribution is 2.25. The topological polar surface area (TPSA) is 64.1 Å². The van der Waals surface area contributed by atoms with Crippen molar-refractivity contribution in [1.82, 2.24) is 10.4 Å². The average molecular weight is 267 g/mol. The maximum absolute atomic E-state index is 5.85. The fraction of sp³-hybridized carbons (Fsp3) is 0.188. The van der Waals surface area contributed by atoms with E-state index in [1.165, 1.54) is 0 Å². The molecule has 4 heteroatoms. The molecule has 1 unspecified atom stereocenters. The summed E-state index contributed by atoms with van der Waals surface area (Å²) >= 11 is 0. The van der Waals surface area contributed by atoms with Gasteiger partial charge in [-0.05, 0) is 37.1 Å². The molecule has 0 saturated carbocycles. The van der Waals surface area contributed by atoms with E-state index in [0.717, 1.165) is 35.3 Å². The minimum absolute atomic E-state index is 0.00981. The summed E-state index contributed by atoms with van der Waals surface area (Å²) < 4.78 is 5.85. The third-order valence-electron chi connectivity index (χ3n) is 3.40. The lowest BCUT2D eigenvalue weighted by molar-refractivity contribution is 0.416. The van der Waals surface area contributed by atoms with E-state index in [1.807, 2.05) is 48.5 Å². The summed E-state index contributed by atoms with van der Waals surface area (Å²) in [5.41, 5.74) is 4.78. The average Bonchev–Trinajstić information content (AvgIpc) is 2.92. The van der Waals surface area contributed by atoms with Crippen LogP contribution in [0.25, 0.3) is 11.0 Å². The van der Waals surface area contributed by atoms with Crippen LogP contribution in [0.2, 0.25) is 0 Å². The summed E-state index contributed by atoms with van der Waals surface area (Å²) in [5, 5.41) is 1.10. The minimum Gasteiger partial charge on any atom is -0.459 e. The number of aryl methyl sites for hydroxylation is 1. The number of benzene rings is 1. The molecule has 0 spiro atoms. The number of nitrogens with two attached hydrogens (primary N) is 1. The molecule has 20 heavy (non-hydrogen) atoms. The Labute approximate surface area is 117 Å². The van der Waals surface area contributed by atoms with E-state index < -0.39 is 0 Å². The van der Waals surface area contributed by atoms with Crippen LogP contribution in [-0.2, 0) is 6.42 Å². The lowest BCUT2D eigenvalue weighted by atomic mass is 10.1. The molecule has 1 aromatic carbocycles. The largest absolute Gasteiger partial charge is 0.459 e. The Balaban J connectivity index is 1.75. The molecule has 3 N–H and O–H groups in total. The van der Waals surface area contributed by atoms with Crippen LogP contribution >= 0.6 is 0 Å². The highest BCUT2D eigenvalue weighted by molar-refractivity contribution is 5.77. The zero-order chi connectivity index (χ0) is 13.8. The van der Waals surface area contributed by atoms with E-state index in [4.69, 9.17) is 10.3 Å². The smallest absolute Gasteiger partial charge is 0.134 e. The first kappa shape index (κ1) is 12.8. The first-order chi connectivity index (χ1) is 9.86. The Hall–Kier alpha value is -2.17. The Morgan fingerprint density at radius 3 is 2.75 bits per heavy atom. The quantitative estimate of drug-likeness (QED) is 0.551. The Kier molecular flexibility index (Phi) is 3.76. The molecule has 0 aliphatic heterocycles. The maximum atomic E-state index is 5.85. The van der Waals surface area contributed by atoms with Crippen LogP contribution in [0.5, 0.6) is 0 Å². The van der Waals surface area contributed by atoms with Crippen LogP contribution in [-0.4, -0.2) is 4.98 Å². The summed E-state index contributed by atoms with van der Waals surface area (Å²) in [6.07, 6.45) is 3.50. The van der Waals surface area contributed by atoms with Gasteiger partial charge in [-0.2, -0.15) is 0 Å². The van der Waals surface area contributed by atoms with E-state index >= 15 is 0 Å². The molecular weight excluding hydrogens is 250 g/mol. The molecule has 0 bridgehead atoms. The zero-order valence-corrected chi connectivity index (χ0v) is 11.1. The number of pyridine rings is 1. The lowest BCUT2D eigenvalue weighted by Crippen LogP contribution is -2.28. The highest BCUT2D eigenvalue weighted by Gasteiger charge is 2.15. The molecule has 0 saturated heterocycles. The number of fused-ring (bicyclic) bond motifs is 1. The lowest BCUT2D eigenvalue weighted by Gasteiger charge is -2.12. The predicted octanol–water partition coefficient (Wildman–Crippen LogP) is 2.97. The number of nitrogens with one attached hydrogen (secondary N) is 1. The number of aromatic nitrogens is 1. The molecule has 4 nitrogen and oxygen atoms in total. The van der Waals surface area contributed by atoms with Crippen molar-refractivity contribution in [3.8, 4) is 0 Å². The zero-order valence-electron chi connectivity index (χ0n) is 11.1. The van der Waals surface area contributed by atoms with E-state index in [-0.39, 0.29) is 6.04 Å². The molecular formula is C16H17N3O. The van der Waals surface area contributed by atoms with Gasteiger partial charge in [-0.15, -0.1) is 0 Å². The second kappa shape index (κ2) is 5.86. The molecule has 1 atom stereocenters. The third-order valence-corrected chi connectivity index (χ3v) is 3.40. The van der Waals surface area contributed by atoms with E-state index in [2.05, 4.69) is 10.4 Å². The van der Waals surface area contributed by atoms with Crippen molar-refractivity contribution in [2.75, 3.05) is 0 Å². The number of para-hydroxylation sites is 1. The summed E-state index contributed by atoms with van der Waals surface area (Å²) in [7, 11) is 0. The number of rotatable bonds is 5. The van der Waals surface area contributed by atoms with Gasteiger partial charge in [0.15, 0.2) is 0 Å². The van der Waals surface area contributed by atoms with Gasteiger partial charge in [0.25, 0.3) is 0 Å². The van der Waals surface area contributed by atoms with Crippen LogP contribution in [0.15, 0.2) is 59.1 Å². The van der Waals surface area contributed by atoms with Crippen molar-refractivity contribution in [3.63, 3.8) is 0 Å². The normalized spacial score (nSPS) is 12.7. The van der Waals surface area contributed by atoms with Gasteiger partial charge in [0.1, 0.15) is 11.3 Å². The van der Waals surface area contributed by atoms with Gasteiger partial charge in [0.05, 0.1) is 6.04 Å². The number of hydrogen-bond acceptors (Lipinski definition) is 4. The Bertz CT molecular complexity index is 645. The standard InChI is InChI=1S/C16H17N3O/c17-19-14(9-8-13-6-3-4-10-18-13)16-11-12-5-1-2-7-15(12)20-16/h1-7,10-11,14,19H,8-9,17H2. The second-order valence-corrected chi connectivity index (χ2v) is 4.77.